The van der Waals surface area contributed by atoms with Gasteiger partial charge in [0.1, 0.15) is 0 Å². The molecule has 2 aliphatic carbocycles. The monoisotopic (exact) mass is 381 g/mol. The molecule has 1 aromatic heterocycles. The van der Waals surface area contributed by atoms with Gasteiger partial charge in [0.25, 0.3) is 5.91 Å². The van der Waals surface area contributed by atoms with Gasteiger partial charge in [-0.15, -0.1) is 0 Å². The molecule has 1 N–H and O–H groups in total. The van der Waals surface area contributed by atoms with E-state index in [9.17, 15) is 9.59 Å². The second-order valence-corrected chi connectivity index (χ2v) is 7.99. The third kappa shape index (κ3) is 4.80. The summed E-state index contributed by atoms with van der Waals surface area (Å²) in [5.41, 5.74) is 1.36. The molecule has 2 saturated carbocycles. The van der Waals surface area contributed by atoms with Crippen LogP contribution in [0.4, 0.5) is 0 Å². The normalized spacial score (nSPS) is 16.9. The Morgan fingerprint density at radius 2 is 1.82 bits per heavy atom. The number of hydrogen-bond acceptors (Lipinski definition) is 4. The average molecular weight is 381 g/mol. The Bertz CT molecular complexity index is 807. The number of aromatic nitrogens is 1. The van der Waals surface area contributed by atoms with Crippen LogP contribution in [0.25, 0.3) is 0 Å². The van der Waals surface area contributed by atoms with E-state index >= 15 is 0 Å². The highest BCUT2D eigenvalue weighted by molar-refractivity contribution is 5.92. The molecule has 6 nitrogen and oxygen atoms in total. The molecule has 4 rings (SSSR count). The number of carbonyl (C=O) groups is 2. The van der Waals surface area contributed by atoms with Gasteiger partial charge in [0.05, 0.1) is 6.54 Å². The van der Waals surface area contributed by atoms with Gasteiger partial charge in [-0.25, -0.2) is 0 Å². The minimum Gasteiger partial charge on any atom is -0.359 e. The van der Waals surface area contributed by atoms with Gasteiger partial charge in [-0.2, -0.15) is 0 Å². The van der Waals surface area contributed by atoms with E-state index in [0.717, 1.165) is 31.2 Å². The van der Waals surface area contributed by atoms with Gasteiger partial charge in [-0.1, -0.05) is 48.3 Å². The number of rotatable bonds is 8. The zero-order chi connectivity index (χ0) is 19.3. The van der Waals surface area contributed by atoms with Gasteiger partial charge in [-0.05, 0) is 37.2 Å². The van der Waals surface area contributed by atoms with E-state index in [4.69, 9.17) is 4.52 Å². The smallest absolute Gasteiger partial charge is 0.273 e. The van der Waals surface area contributed by atoms with E-state index in [-0.39, 0.29) is 23.4 Å². The summed E-state index contributed by atoms with van der Waals surface area (Å²) in [6, 6.07) is 11.6. The summed E-state index contributed by atoms with van der Waals surface area (Å²) in [4.78, 5) is 27.1. The van der Waals surface area contributed by atoms with Crippen LogP contribution in [0.5, 0.6) is 0 Å². The highest BCUT2D eigenvalue weighted by atomic mass is 16.5. The fourth-order valence-corrected chi connectivity index (χ4v) is 3.78. The van der Waals surface area contributed by atoms with Gasteiger partial charge in [0.15, 0.2) is 11.5 Å². The number of nitrogens with zero attached hydrogens (tertiary/aromatic N) is 2. The van der Waals surface area contributed by atoms with Crippen molar-refractivity contribution in [2.24, 2.45) is 11.8 Å². The number of carbonyl (C=O) groups excluding carboxylic acids is 2. The Labute approximate surface area is 165 Å². The van der Waals surface area contributed by atoms with Crippen LogP contribution in [0.1, 0.15) is 60.3 Å². The van der Waals surface area contributed by atoms with E-state index in [1.807, 2.05) is 35.2 Å². The van der Waals surface area contributed by atoms with Crippen molar-refractivity contribution < 1.29 is 14.1 Å². The first kappa shape index (κ1) is 18.7. The molecule has 148 valence electrons. The fraction of sp³-hybridized carbons (Fsp3) is 0.500. The van der Waals surface area contributed by atoms with Crippen molar-refractivity contribution in [2.45, 2.75) is 51.6 Å². The fourth-order valence-electron chi connectivity index (χ4n) is 3.78. The van der Waals surface area contributed by atoms with Crippen LogP contribution < -0.4 is 5.32 Å². The lowest BCUT2D eigenvalue weighted by atomic mass is 10.1. The quantitative estimate of drug-likeness (QED) is 0.759. The minimum atomic E-state index is -0.210. The van der Waals surface area contributed by atoms with Crippen LogP contribution in [0.15, 0.2) is 40.9 Å². The van der Waals surface area contributed by atoms with Crippen LogP contribution in [0.3, 0.4) is 0 Å². The predicted molar refractivity (Wildman–Crippen MR) is 104 cm³/mol. The van der Waals surface area contributed by atoms with Crippen LogP contribution in [0.2, 0.25) is 0 Å². The van der Waals surface area contributed by atoms with Gasteiger partial charge < -0.3 is 14.7 Å². The van der Waals surface area contributed by atoms with Crippen molar-refractivity contribution in [1.29, 1.82) is 0 Å². The molecule has 2 aliphatic rings. The van der Waals surface area contributed by atoms with Crippen molar-refractivity contribution in [3.05, 3.63) is 53.4 Å². The average Bonchev–Trinajstić information content (AvgIpc) is 3.18. The topological polar surface area (TPSA) is 75.4 Å². The molecule has 0 saturated heterocycles. The van der Waals surface area contributed by atoms with Gasteiger partial charge >= 0.3 is 0 Å². The Morgan fingerprint density at radius 1 is 1.07 bits per heavy atom. The lowest BCUT2D eigenvalue weighted by Gasteiger charge is -2.24. The Hall–Kier alpha value is -2.63. The Kier molecular flexibility index (Phi) is 5.74. The minimum absolute atomic E-state index is 0.0907. The second kappa shape index (κ2) is 8.59. The molecule has 0 aliphatic heterocycles. The summed E-state index contributed by atoms with van der Waals surface area (Å²) in [7, 11) is 0. The molecule has 0 unspecified atom stereocenters. The van der Waals surface area contributed by atoms with Crippen LogP contribution in [-0.2, 0) is 17.9 Å². The molecular weight excluding hydrogens is 354 g/mol. The SMILES string of the molecule is O=C(NCC1CC1)c1cc(CN(Cc2ccccc2)C(=O)C2CCCC2)on1. The standard InChI is InChI=1S/C22H27N3O3/c26-21(23-13-16-10-11-16)20-12-19(28-24-20)15-25(14-17-6-2-1-3-7-17)22(27)18-8-4-5-9-18/h1-3,6-7,12,16,18H,4-5,8-11,13-15H2,(H,23,26). The molecular formula is C22H27N3O3. The maximum Gasteiger partial charge on any atom is 0.273 e. The molecule has 2 fully saturated rings. The third-order valence-electron chi connectivity index (χ3n) is 5.62. The zero-order valence-corrected chi connectivity index (χ0v) is 16.1. The molecule has 1 aromatic carbocycles. The van der Waals surface area contributed by atoms with Crippen molar-refractivity contribution >= 4 is 11.8 Å². The molecule has 28 heavy (non-hydrogen) atoms. The predicted octanol–water partition coefficient (Wildman–Crippen LogP) is 3.53. The van der Waals surface area contributed by atoms with Crippen molar-refractivity contribution in [3.63, 3.8) is 0 Å². The number of benzene rings is 1. The summed E-state index contributed by atoms with van der Waals surface area (Å²) in [5.74, 6) is 1.20. The van der Waals surface area contributed by atoms with Gasteiger partial charge in [-0.3, -0.25) is 9.59 Å². The van der Waals surface area contributed by atoms with E-state index in [1.54, 1.807) is 6.07 Å². The number of hydrogen-bond donors (Lipinski definition) is 1. The van der Waals surface area contributed by atoms with E-state index < -0.39 is 0 Å². The summed E-state index contributed by atoms with van der Waals surface area (Å²) in [6.07, 6.45) is 6.50. The van der Waals surface area contributed by atoms with Crippen molar-refractivity contribution in [3.8, 4) is 0 Å². The largest absolute Gasteiger partial charge is 0.359 e. The van der Waals surface area contributed by atoms with E-state index in [1.165, 1.54) is 12.8 Å². The Morgan fingerprint density at radius 3 is 2.54 bits per heavy atom. The lowest BCUT2D eigenvalue weighted by Crippen LogP contribution is -2.34. The maximum absolute atomic E-state index is 13.1. The summed E-state index contributed by atoms with van der Waals surface area (Å²) in [5, 5.41) is 6.80. The van der Waals surface area contributed by atoms with E-state index in [2.05, 4.69) is 10.5 Å². The molecule has 0 atom stereocenters. The zero-order valence-electron chi connectivity index (χ0n) is 16.1. The molecule has 2 aromatic rings. The highest BCUT2D eigenvalue weighted by Gasteiger charge is 2.28. The molecule has 0 radical (unpaired) electrons. The number of nitrogens with one attached hydrogen (secondary N) is 1. The van der Waals surface area contributed by atoms with Gasteiger partial charge in [0.2, 0.25) is 5.91 Å². The summed E-state index contributed by atoms with van der Waals surface area (Å²) >= 11 is 0. The Balaban J connectivity index is 1.43. The van der Waals surface area contributed by atoms with Crippen molar-refractivity contribution in [2.75, 3.05) is 6.54 Å². The third-order valence-corrected chi connectivity index (χ3v) is 5.62. The van der Waals surface area contributed by atoms with Crippen LogP contribution in [-0.4, -0.2) is 28.4 Å². The molecule has 2 amide bonds. The van der Waals surface area contributed by atoms with Crippen LogP contribution in [0, 0.1) is 11.8 Å². The molecule has 0 bridgehead atoms. The van der Waals surface area contributed by atoms with E-state index in [0.29, 0.717) is 31.3 Å². The first-order valence-electron chi connectivity index (χ1n) is 10.3. The first-order valence-corrected chi connectivity index (χ1v) is 10.3. The molecule has 1 heterocycles. The van der Waals surface area contributed by atoms with Crippen LogP contribution >= 0.6 is 0 Å². The first-order chi connectivity index (χ1) is 13.7. The number of amides is 2. The molecule has 6 heteroatoms. The second-order valence-electron chi connectivity index (χ2n) is 7.99. The maximum atomic E-state index is 13.1. The highest BCUT2D eigenvalue weighted by Crippen LogP contribution is 2.28. The summed E-state index contributed by atoms with van der Waals surface area (Å²) < 4.78 is 5.38. The van der Waals surface area contributed by atoms with Gasteiger partial charge in [0, 0.05) is 25.1 Å². The van der Waals surface area contributed by atoms with Crippen molar-refractivity contribution in [1.82, 2.24) is 15.4 Å². The molecule has 0 spiro atoms. The summed E-state index contributed by atoms with van der Waals surface area (Å²) in [6.45, 7) is 1.55. The lowest BCUT2D eigenvalue weighted by molar-refractivity contribution is -0.137.